The Bertz CT molecular complexity index is 1060. The molecule has 4 rings (SSSR count). The van der Waals surface area contributed by atoms with Crippen LogP contribution in [-0.4, -0.2) is 23.9 Å². The number of hydrogen-bond donors (Lipinski definition) is 1. The minimum Gasteiger partial charge on any atom is -0.366 e. The maximum atomic E-state index is 12.9. The van der Waals surface area contributed by atoms with Gasteiger partial charge in [-0.2, -0.15) is 0 Å². The molecule has 1 fully saturated rings. The number of para-hydroxylation sites is 1. The number of carbonyl (C=O) groups is 1. The predicted molar refractivity (Wildman–Crippen MR) is 118 cm³/mol. The molecule has 1 aliphatic rings. The standard InChI is InChI=1S/C24H23N3O3/c28-24(20-12-13-22(23(17-20)27(29)30)26-14-6-7-15-26)25-21-11-5-4-10-19(21)16-18-8-2-1-3-9-18/h1-5,8-13,17H,6-7,14-16H2,(H,25,28). The fourth-order valence-electron chi connectivity index (χ4n) is 3.84. The molecule has 0 saturated carbocycles. The van der Waals surface area contributed by atoms with Crippen LogP contribution in [0.25, 0.3) is 0 Å². The molecule has 0 atom stereocenters. The van der Waals surface area contributed by atoms with Crippen molar-refractivity contribution in [3.8, 4) is 0 Å². The van der Waals surface area contributed by atoms with Gasteiger partial charge in [-0.3, -0.25) is 14.9 Å². The Kier molecular flexibility index (Phi) is 5.75. The Morgan fingerprint density at radius 1 is 0.967 bits per heavy atom. The van der Waals surface area contributed by atoms with Gasteiger partial charge < -0.3 is 10.2 Å². The van der Waals surface area contributed by atoms with Crippen LogP contribution < -0.4 is 10.2 Å². The van der Waals surface area contributed by atoms with Crippen LogP contribution in [0.4, 0.5) is 17.1 Å². The number of benzene rings is 3. The van der Waals surface area contributed by atoms with Gasteiger partial charge in [0, 0.05) is 30.4 Å². The molecule has 1 aliphatic heterocycles. The number of nitrogens with zero attached hydrogens (tertiary/aromatic N) is 2. The van der Waals surface area contributed by atoms with Crippen LogP contribution in [0, 0.1) is 10.1 Å². The maximum absolute atomic E-state index is 12.9. The molecule has 0 spiro atoms. The molecule has 1 saturated heterocycles. The predicted octanol–water partition coefficient (Wildman–Crippen LogP) is 5.04. The van der Waals surface area contributed by atoms with Gasteiger partial charge in [0.1, 0.15) is 5.69 Å². The molecule has 0 bridgehead atoms. The van der Waals surface area contributed by atoms with Crippen LogP contribution in [0.2, 0.25) is 0 Å². The summed E-state index contributed by atoms with van der Waals surface area (Å²) < 4.78 is 0. The summed E-state index contributed by atoms with van der Waals surface area (Å²) in [6, 6.07) is 22.4. The fraction of sp³-hybridized carbons (Fsp3) is 0.208. The van der Waals surface area contributed by atoms with Crippen LogP contribution in [-0.2, 0) is 6.42 Å². The third-order valence-electron chi connectivity index (χ3n) is 5.38. The van der Waals surface area contributed by atoms with Gasteiger partial charge in [0.05, 0.1) is 4.92 Å². The van der Waals surface area contributed by atoms with E-state index in [9.17, 15) is 14.9 Å². The molecule has 1 N–H and O–H groups in total. The van der Waals surface area contributed by atoms with Gasteiger partial charge in [-0.05, 0) is 48.6 Å². The van der Waals surface area contributed by atoms with Crippen LogP contribution in [0.15, 0.2) is 72.8 Å². The molecular formula is C24H23N3O3. The largest absolute Gasteiger partial charge is 0.366 e. The Hall–Kier alpha value is -3.67. The van der Waals surface area contributed by atoms with E-state index in [0.29, 0.717) is 17.8 Å². The highest BCUT2D eigenvalue weighted by molar-refractivity contribution is 6.05. The Morgan fingerprint density at radius 2 is 1.67 bits per heavy atom. The molecule has 1 heterocycles. The van der Waals surface area contributed by atoms with Crippen molar-refractivity contribution in [2.45, 2.75) is 19.3 Å². The first-order valence-corrected chi connectivity index (χ1v) is 10.1. The molecule has 0 unspecified atom stereocenters. The van der Waals surface area contributed by atoms with Gasteiger partial charge in [-0.25, -0.2) is 0 Å². The summed E-state index contributed by atoms with van der Waals surface area (Å²) in [5.74, 6) is -0.355. The van der Waals surface area contributed by atoms with Gasteiger partial charge in [0.15, 0.2) is 0 Å². The summed E-state index contributed by atoms with van der Waals surface area (Å²) in [6.45, 7) is 1.61. The summed E-state index contributed by atoms with van der Waals surface area (Å²) in [4.78, 5) is 26.1. The van der Waals surface area contributed by atoms with E-state index >= 15 is 0 Å². The van der Waals surface area contributed by atoms with E-state index in [0.717, 1.165) is 37.1 Å². The summed E-state index contributed by atoms with van der Waals surface area (Å²) >= 11 is 0. The first-order valence-electron chi connectivity index (χ1n) is 10.1. The molecule has 0 radical (unpaired) electrons. The van der Waals surface area contributed by atoms with Crippen LogP contribution in [0.1, 0.15) is 34.3 Å². The van der Waals surface area contributed by atoms with E-state index in [-0.39, 0.29) is 17.2 Å². The van der Waals surface area contributed by atoms with E-state index in [2.05, 4.69) is 5.32 Å². The third-order valence-corrected chi connectivity index (χ3v) is 5.38. The molecule has 0 aromatic heterocycles. The lowest BCUT2D eigenvalue weighted by Crippen LogP contribution is -2.20. The first kappa shape index (κ1) is 19.6. The van der Waals surface area contributed by atoms with Crippen molar-refractivity contribution in [3.63, 3.8) is 0 Å². The topological polar surface area (TPSA) is 75.5 Å². The van der Waals surface area contributed by atoms with Crippen molar-refractivity contribution < 1.29 is 9.72 Å². The molecule has 0 aliphatic carbocycles. The monoisotopic (exact) mass is 401 g/mol. The van der Waals surface area contributed by atoms with Gasteiger partial charge in [0.2, 0.25) is 0 Å². The lowest BCUT2D eigenvalue weighted by atomic mass is 10.0. The van der Waals surface area contributed by atoms with Crippen LogP contribution >= 0.6 is 0 Å². The minimum atomic E-state index is -0.409. The van der Waals surface area contributed by atoms with E-state index in [1.807, 2.05) is 59.5 Å². The van der Waals surface area contributed by atoms with Gasteiger partial charge in [0.25, 0.3) is 11.6 Å². The van der Waals surface area contributed by atoms with Crippen molar-refractivity contribution in [2.24, 2.45) is 0 Å². The highest BCUT2D eigenvalue weighted by Crippen LogP contribution is 2.32. The zero-order valence-electron chi connectivity index (χ0n) is 16.6. The van der Waals surface area contributed by atoms with E-state index in [1.54, 1.807) is 12.1 Å². The SMILES string of the molecule is O=C(Nc1ccccc1Cc1ccccc1)c1ccc(N2CCCC2)c([N+](=O)[O-])c1. The van der Waals surface area contributed by atoms with Crippen molar-refractivity contribution in [1.82, 2.24) is 0 Å². The summed E-state index contributed by atoms with van der Waals surface area (Å²) in [7, 11) is 0. The maximum Gasteiger partial charge on any atom is 0.293 e. The molecule has 30 heavy (non-hydrogen) atoms. The Balaban J connectivity index is 1.57. The number of nitro benzene ring substituents is 1. The lowest BCUT2D eigenvalue weighted by Gasteiger charge is -2.18. The molecule has 6 heteroatoms. The van der Waals surface area contributed by atoms with Crippen molar-refractivity contribution in [3.05, 3.63) is 99.6 Å². The summed E-state index contributed by atoms with van der Waals surface area (Å²) in [5, 5.41) is 14.5. The smallest absolute Gasteiger partial charge is 0.293 e. The number of anilines is 2. The van der Waals surface area contributed by atoms with E-state index in [1.165, 1.54) is 6.07 Å². The number of amides is 1. The molecule has 152 valence electrons. The fourth-order valence-corrected chi connectivity index (χ4v) is 3.84. The average Bonchev–Trinajstić information content (AvgIpc) is 3.30. The quantitative estimate of drug-likeness (QED) is 0.464. The lowest BCUT2D eigenvalue weighted by molar-refractivity contribution is -0.384. The number of hydrogen-bond acceptors (Lipinski definition) is 4. The highest BCUT2D eigenvalue weighted by atomic mass is 16.6. The van der Waals surface area contributed by atoms with Gasteiger partial charge >= 0.3 is 0 Å². The number of nitrogens with one attached hydrogen (secondary N) is 1. The molecule has 3 aromatic rings. The third kappa shape index (κ3) is 4.33. The van der Waals surface area contributed by atoms with E-state index in [4.69, 9.17) is 0 Å². The van der Waals surface area contributed by atoms with Crippen molar-refractivity contribution >= 4 is 23.0 Å². The van der Waals surface area contributed by atoms with Crippen LogP contribution in [0.3, 0.4) is 0 Å². The van der Waals surface area contributed by atoms with Gasteiger partial charge in [-0.15, -0.1) is 0 Å². The number of rotatable bonds is 6. The average molecular weight is 401 g/mol. The second-order valence-corrected chi connectivity index (χ2v) is 7.43. The highest BCUT2D eigenvalue weighted by Gasteiger charge is 2.24. The minimum absolute atomic E-state index is 0.0258. The Labute approximate surface area is 175 Å². The normalized spacial score (nSPS) is 13.3. The molecule has 3 aromatic carbocycles. The molecular weight excluding hydrogens is 378 g/mol. The summed E-state index contributed by atoms with van der Waals surface area (Å²) in [5.41, 5.74) is 3.67. The number of nitro groups is 1. The molecule has 6 nitrogen and oxygen atoms in total. The van der Waals surface area contributed by atoms with E-state index < -0.39 is 4.92 Å². The zero-order valence-corrected chi connectivity index (χ0v) is 16.6. The molecule has 1 amide bonds. The first-order chi connectivity index (χ1) is 14.6. The van der Waals surface area contributed by atoms with Gasteiger partial charge in [-0.1, -0.05) is 48.5 Å². The second-order valence-electron chi connectivity index (χ2n) is 7.43. The van der Waals surface area contributed by atoms with Crippen molar-refractivity contribution in [2.75, 3.05) is 23.3 Å². The van der Waals surface area contributed by atoms with Crippen molar-refractivity contribution in [1.29, 1.82) is 0 Å². The zero-order chi connectivity index (χ0) is 20.9. The van der Waals surface area contributed by atoms with Crippen LogP contribution in [0.5, 0.6) is 0 Å². The Morgan fingerprint density at radius 3 is 2.40 bits per heavy atom. The second kappa shape index (κ2) is 8.78. The summed E-state index contributed by atoms with van der Waals surface area (Å²) in [6.07, 6.45) is 2.74. The number of carbonyl (C=O) groups excluding carboxylic acids is 1.